The van der Waals surface area contributed by atoms with E-state index in [1.807, 2.05) is 42.5 Å². The average Bonchev–Trinajstić information content (AvgIpc) is 3.44. The first-order chi connectivity index (χ1) is 17.0. The van der Waals surface area contributed by atoms with Gasteiger partial charge in [0.2, 0.25) is 0 Å². The normalized spacial score (nSPS) is 19.3. The largest absolute Gasteiger partial charge is 0.496 e. The van der Waals surface area contributed by atoms with Crippen LogP contribution in [0.25, 0.3) is 0 Å². The second-order valence-electron chi connectivity index (χ2n) is 8.29. The van der Waals surface area contributed by atoms with E-state index in [2.05, 4.69) is 0 Å². The first-order valence-electron chi connectivity index (χ1n) is 11.1. The van der Waals surface area contributed by atoms with Gasteiger partial charge in [-0.1, -0.05) is 6.07 Å². The van der Waals surface area contributed by atoms with Gasteiger partial charge >= 0.3 is 0 Å². The van der Waals surface area contributed by atoms with Gasteiger partial charge in [-0.05, 0) is 12.1 Å². The zero-order valence-electron chi connectivity index (χ0n) is 20.6. The molecule has 1 spiro atoms. The highest BCUT2D eigenvalue weighted by atomic mass is 16.6. The maximum absolute atomic E-state index is 6.80. The van der Waals surface area contributed by atoms with Crippen molar-refractivity contribution in [1.29, 1.82) is 0 Å². The Balaban J connectivity index is 1.73. The predicted octanol–water partition coefficient (Wildman–Crippen LogP) is 4.70. The number of ether oxygens (including phenoxy) is 8. The summed E-state index contributed by atoms with van der Waals surface area (Å²) in [5.74, 6) is 5.07. The Morgan fingerprint density at radius 1 is 0.657 bits per heavy atom. The maximum atomic E-state index is 6.80. The highest BCUT2D eigenvalue weighted by Crippen LogP contribution is 2.62. The molecular weight excluding hydrogens is 452 g/mol. The van der Waals surface area contributed by atoms with Crippen LogP contribution in [0.1, 0.15) is 22.8 Å². The van der Waals surface area contributed by atoms with E-state index < -0.39 is 11.7 Å². The molecule has 3 aromatic rings. The molecule has 0 saturated heterocycles. The van der Waals surface area contributed by atoms with Crippen LogP contribution in [0, 0.1) is 0 Å². The van der Waals surface area contributed by atoms with Gasteiger partial charge in [-0.3, -0.25) is 0 Å². The van der Waals surface area contributed by atoms with Gasteiger partial charge in [-0.2, -0.15) is 0 Å². The van der Waals surface area contributed by atoms with Crippen LogP contribution in [0.5, 0.6) is 46.0 Å². The van der Waals surface area contributed by atoms with Gasteiger partial charge in [0.25, 0.3) is 0 Å². The van der Waals surface area contributed by atoms with Crippen LogP contribution >= 0.6 is 0 Å². The molecule has 0 bridgehead atoms. The Kier molecular flexibility index (Phi) is 5.67. The molecule has 0 amide bonds. The quantitative estimate of drug-likeness (QED) is 0.482. The highest BCUT2D eigenvalue weighted by molar-refractivity contribution is 5.63. The van der Waals surface area contributed by atoms with Gasteiger partial charge in [-0.15, -0.1) is 0 Å². The van der Waals surface area contributed by atoms with E-state index in [4.69, 9.17) is 37.9 Å². The van der Waals surface area contributed by atoms with Crippen LogP contribution in [0.2, 0.25) is 0 Å². The molecule has 184 valence electrons. The molecule has 0 aliphatic carbocycles. The van der Waals surface area contributed by atoms with Crippen molar-refractivity contribution in [2.24, 2.45) is 0 Å². The van der Waals surface area contributed by atoms with Crippen LogP contribution in [0.3, 0.4) is 0 Å². The fraction of sp³-hybridized carbons (Fsp3) is 0.333. The first kappa shape index (κ1) is 22.8. The molecule has 35 heavy (non-hydrogen) atoms. The van der Waals surface area contributed by atoms with Crippen LogP contribution < -0.4 is 37.9 Å². The fourth-order valence-corrected chi connectivity index (χ4v) is 5.00. The van der Waals surface area contributed by atoms with Gasteiger partial charge in [0.05, 0.1) is 48.2 Å². The number of hydrogen-bond donors (Lipinski definition) is 0. The molecule has 3 aromatic carbocycles. The molecule has 0 aromatic heterocycles. The van der Waals surface area contributed by atoms with Crippen molar-refractivity contribution in [2.75, 3.05) is 42.7 Å². The van der Waals surface area contributed by atoms with Gasteiger partial charge < -0.3 is 37.9 Å². The third-order valence-corrected chi connectivity index (χ3v) is 6.63. The van der Waals surface area contributed by atoms with E-state index in [0.717, 1.165) is 16.7 Å². The second-order valence-corrected chi connectivity index (χ2v) is 8.29. The van der Waals surface area contributed by atoms with E-state index in [-0.39, 0.29) is 0 Å². The average molecular weight is 481 g/mol. The van der Waals surface area contributed by atoms with E-state index in [0.29, 0.717) is 52.4 Å². The van der Waals surface area contributed by atoms with E-state index in [1.165, 1.54) is 0 Å². The number of rotatable bonds is 7. The maximum Gasteiger partial charge on any atom is 0.186 e. The molecule has 5 rings (SSSR count). The Labute approximate surface area is 204 Å². The molecule has 0 fully saturated rings. The molecule has 0 radical (unpaired) electrons. The summed E-state index contributed by atoms with van der Waals surface area (Å²) >= 11 is 0. The van der Waals surface area contributed by atoms with Crippen molar-refractivity contribution in [3.8, 4) is 46.0 Å². The first-order valence-corrected chi connectivity index (χ1v) is 11.1. The molecule has 0 unspecified atom stereocenters. The third kappa shape index (κ3) is 3.43. The van der Waals surface area contributed by atoms with E-state index >= 15 is 0 Å². The Morgan fingerprint density at radius 2 is 1.29 bits per heavy atom. The van der Waals surface area contributed by atoms with Crippen LogP contribution in [0.4, 0.5) is 0 Å². The standard InChI is InChI=1S/C27H28O8/c1-28-16-10-20(31-4)18-14-27(35-21(18)11-16)25-23(33-6)12-17(29-2)13-24(25)34-26(27)15-7-8-19(30-3)22(9-15)32-5/h7-13,26H,14H2,1-6H3/t26-,27-/m1/s1. The Bertz CT molecular complexity index is 1270. The smallest absolute Gasteiger partial charge is 0.186 e. The lowest BCUT2D eigenvalue weighted by molar-refractivity contribution is -0.00223. The molecular formula is C27H28O8. The summed E-state index contributed by atoms with van der Waals surface area (Å²) in [6.07, 6.45) is -0.0362. The lowest BCUT2D eigenvalue weighted by atomic mass is 9.82. The number of benzene rings is 3. The number of hydrogen-bond acceptors (Lipinski definition) is 8. The summed E-state index contributed by atoms with van der Waals surface area (Å²) in [6.45, 7) is 0. The Morgan fingerprint density at radius 3 is 1.91 bits per heavy atom. The lowest BCUT2D eigenvalue weighted by Gasteiger charge is -2.31. The molecule has 2 aliphatic heterocycles. The zero-order chi connectivity index (χ0) is 24.7. The third-order valence-electron chi connectivity index (χ3n) is 6.63. The number of fused-ring (bicyclic) bond motifs is 3. The summed E-state index contributed by atoms with van der Waals surface area (Å²) in [4.78, 5) is 0. The monoisotopic (exact) mass is 480 g/mol. The van der Waals surface area contributed by atoms with Gasteiger partial charge in [0, 0.05) is 41.8 Å². The molecule has 2 aliphatic rings. The minimum absolute atomic E-state index is 0.490. The van der Waals surface area contributed by atoms with E-state index in [9.17, 15) is 0 Å². The number of methoxy groups -OCH3 is 6. The molecule has 2 atom stereocenters. The van der Waals surface area contributed by atoms with Crippen molar-refractivity contribution in [1.82, 2.24) is 0 Å². The molecule has 0 saturated carbocycles. The Hall–Kier alpha value is -3.94. The topological polar surface area (TPSA) is 73.8 Å². The highest BCUT2D eigenvalue weighted by Gasteiger charge is 2.58. The molecule has 0 N–H and O–H groups in total. The summed E-state index contributed by atoms with van der Waals surface area (Å²) in [5.41, 5.74) is 1.65. The second kappa shape index (κ2) is 8.69. The van der Waals surface area contributed by atoms with Crippen molar-refractivity contribution < 1.29 is 37.9 Å². The van der Waals surface area contributed by atoms with Crippen LogP contribution in [-0.2, 0) is 12.0 Å². The fourth-order valence-electron chi connectivity index (χ4n) is 5.00. The molecule has 8 heteroatoms. The van der Waals surface area contributed by atoms with Gasteiger partial charge in [0.15, 0.2) is 23.2 Å². The predicted molar refractivity (Wildman–Crippen MR) is 128 cm³/mol. The minimum Gasteiger partial charge on any atom is -0.496 e. The van der Waals surface area contributed by atoms with Crippen molar-refractivity contribution in [2.45, 2.75) is 18.1 Å². The molecule has 2 heterocycles. The summed E-state index contributed by atoms with van der Waals surface area (Å²) in [5, 5.41) is 0. The van der Waals surface area contributed by atoms with Crippen molar-refractivity contribution in [3.63, 3.8) is 0 Å². The summed E-state index contributed by atoms with van der Waals surface area (Å²) < 4.78 is 46.9. The molecule has 8 nitrogen and oxygen atoms in total. The van der Waals surface area contributed by atoms with Crippen molar-refractivity contribution in [3.05, 3.63) is 59.2 Å². The van der Waals surface area contributed by atoms with Gasteiger partial charge in [0.1, 0.15) is 34.5 Å². The lowest BCUT2D eigenvalue weighted by Crippen LogP contribution is -2.36. The van der Waals surface area contributed by atoms with Crippen molar-refractivity contribution >= 4 is 0 Å². The van der Waals surface area contributed by atoms with E-state index in [1.54, 1.807) is 42.7 Å². The summed E-state index contributed by atoms with van der Waals surface area (Å²) in [7, 11) is 9.69. The van der Waals surface area contributed by atoms with Gasteiger partial charge in [-0.25, -0.2) is 0 Å². The van der Waals surface area contributed by atoms with Crippen LogP contribution in [0.15, 0.2) is 42.5 Å². The van der Waals surface area contributed by atoms with Crippen LogP contribution in [-0.4, -0.2) is 42.7 Å². The summed E-state index contributed by atoms with van der Waals surface area (Å²) in [6, 6.07) is 13.1. The minimum atomic E-state index is -0.936. The SMILES string of the molecule is COc1cc(OC)c2c(c1)O[C@]1(C2)c2c(OC)cc(OC)cc2O[C@@H]1c1ccc(OC)c(OC)c1. The zero-order valence-corrected chi connectivity index (χ0v) is 20.6.